The molecular formula is C10H15F3N4O. The molecule has 0 saturated carbocycles. The molecule has 8 heteroatoms. The Bertz CT molecular complexity index is 416. The fraction of sp³-hybridized carbons (Fsp3) is 0.800. The van der Waals surface area contributed by atoms with Crippen LogP contribution in [-0.2, 0) is 19.3 Å². The molecule has 0 fully saturated rings. The average molecular weight is 264 g/mol. The summed E-state index contributed by atoms with van der Waals surface area (Å²) in [5.74, 6) is -0.591. The van der Waals surface area contributed by atoms with Crippen molar-refractivity contribution in [2.75, 3.05) is 13.1 Å². The summed E-state index contributed by atoms with van der Waals surface area (Å²) < 4.78 is 38.9. The molecule has 0 radical (unpaired) electrons. The molecule has 18 heavy (non-hydrogen) atoms. The number of hydrogen-bond donors (Lipinski definition) is 1. The third-order valence-corrected chi connectivity index (χ3v) is 2.95. The molecule has 1 aromatic heterocycles. The molecule has 0 aliphatic carbocycles. The van der Waals surface area contributed by atoms with Gasteiger partial charge in [-0.1, -0.05) is 0 Å². The number of aliphatic hydroxyl groups excluding tert-OH is 1. The third-order valence-electron chi connectivity index (χ3n) is 2.95. The molecule has 0 bridgehead atoms. The number of nitrogens with zero attached hydrogens (tertiary/aromatic N) is 4. The second-order valence-electron chi connectivity index (χ2n) is 4.50. The minimum absolute atomic E-state index is 0.233. The van der Waals surface area contributed by atoms with Crippen molar-refractivity contribution in [2.24, 2.45) is 0 Å². The van der Waals surface area contributed by atoms with E-state index in [4.69, 9.17) is 0 Å². The Morgan fingerprint density at radius 2 is 2.06 bits per heavy atom. The summed E-state index contributed by atoms with van der Waals surface area (Å²) in [6.45, 7) is 3.42. The van der Waals surface area contributed by atoms with Gasteiger partial charge in [-0.05, 0) is 13.3 Å². The van der Waals surface area contributed by atoms with Gasteiger partial charge >= 0.3 is 6.18 Å². The Labute approximate surface area is 102 Å². The fourth-order valence-corrected chi connectivity index (χ4v) is 1.98. The summed E-state index contributed by atoms with van der Waals surface area (Å²) in [7, 11) is 0. The normalized spacial score (nSPS) is 18.7. The number of fused-ring (bicyclic) bond motifs is 1. The van der Waals surface area contributed by atoms with Crippen molar-refractivity contribution in [1.82, 2.24) is 19.7 Å². The quantitative estimate of drug-likeness (QED) is 0.880. The highest BCUT2D eigenvalue weighted by Crippen LogP contribution is 2.29. The van der Waals surface area contributed by atoms with Gasteiger partial charge in [0.05, 0.1) is 12.6 Å². The van der Waals surface area contributed by atoms with Crippen LogP contribution in [-0.4, -0.2) is 44.0 Å². The lowest BCUT2D eigenvalue weighted by atomic mass is 10.2. The number of aromatic nitrogens is 3. The Hall–Kier alpha value is -1.15. The second kappa shape index (κ2) is 4.85. The van der Waals surface area contributed by atoms with Crippen molar-refractivity contribution in [3.63, 3.8) is 0 Å². The van der Waals surface area contributed by atoms with E-state index in [1.807, 2.05) is 4.90 Å². The standard InChI is InChI=1S/C10H15F3N4O/c1-7(18)2-3-16-4-5-17-8(6-16)14-15-9(17)10(11,12)13/h7,18H,2-6H2,1H3. The molecule has 102 valence electrons. The zero-order valence-corrected chi connectivity index (χ0v) is 9.98. The van der Waals surface area contributed by atoms with Gasteiger partial charge in [-0.3, -0.25) is 4.90 Å². The van der Waals surface area contributed by atoms with Crippen LogP contribution in [0.25, 0.3) is 0 Å². The van der Waals surface area contributed by atoms with Crippen LogP contribution < -0.4 is 0 Å². The van der Waals surface area contributed by atoms with Crippen molar-refractivity contribution >= 4 is 0 Å². The number of rotatable bonds is 3. The van der Waals surface area contributed by atoms with Gasteiger partial charge in [0.2, 0.25) is 5.82 Å². The molecule has 1 unspecified atom stereocenters. The summed E-state index contributed by atoms with van der Waals surface area (Å²) in [6.07, 6.45) is -4.26. The van der Waals surface area contributed by atoms with E-state index in [2.05, 4.69) is 10.2 Å². The number of halogens is 3. The maximum Gasteiger partial charge on any atom is 0.451 e. The van der Waals surface area contributed by atoms with Crippen molar-refractivity contribution in [3.05, 3.63) is 11.6 Å². The average Bonchev–Trinajstić information content (AvgIpc) is 2.68. The van der Waals surface area contributed by atoms with E-state index in [-0.39, 0.29) is 6.54 Å². The van der Waals surface area contributed by atoms with E-state index in [9.17, 15) is 18.3 Å². The van der Waals surface area contributed by atoms with E-state index in [1.165, 1.54) is 0 Å². The van der Waals surface area contributed by atoms with E-state index >= 15 is 0 Å². The molecule has 1 aliphatic heterocycles. The summed E-state index contributed by atoms with van der Waals surface area (Å²) in [4.78, 5) is 1.97. The van der Waals surface area contributed by atoms with Crippen molar-refractivity contribution in [3.8, 4) is 0 Å². The number of hydrogen-bond acceptors (Lipinski definition) is 4. The molecule has 1 N–H and O–H groups in total. The van der Waals surface area contributed by atoms with Gasteiger partial charge in [0.25, 0.3) is 0 Å². The third kappa shape index (κ3) is 2.81. The van der Waals surface area contributed by atoms with Crippen molar-refractivity contribution in [1.29, 1.82) is 0 Å². The van der Waals surface area contributed by atoms with Gasteiger partial charge < -0.3 is 9.67 Å². The lowest BCUT2D eigenvalue weighted by molar-refractivity contribution is -0.148. The maximum absolute atomic E-state index is 12.6. The van der Waals surface area contributed by atoms with Crippen LogP contribution in [0.4, 0.5) is 13.2 Å². The monoisotopic (exact) mass is 264 g/mol. The Morgan fingerprint density at radius 3 is 2.67 bits per heavy atom. The van der Waals surface area contributed by atoms with Gasteiger partial charge in [-0.2, -0.15) is 13.2 Å². The highest BCUT2D eigenvalue weighted by molar-refractivity contribution is 5.02. The van der Waals surface area contributed by atoms with Crippen LogP contribution in [0, 0.1) is 0 Å². The predicted octanol–water partition coefficient (Wildman–Crippen LogP) is 0.883. The van der Waals surface area contributed by atoms with Crippen LogP contribution in [0.2, 0.25) is 0 Å². The largest absolute Gasteiger partial charge is 0.451 e. The van der Waals surface area contributed by atoms with Crippen molar-refractivity contribution in [2.45, 2.75) is 38.7 Å². The zero-order valence-electron chi connectivity index (χ0n) is 9.98. The van der Waals surface area contributed by atoms with Gasteiger partial charge in [-0.25, -0.2) is 0 Å². The Balaban J connectivity index is 2.05. The van der Waals surface area contributed by atoms with Gasteiger partial charge in [0.1, 0.15) is 5.82 Å². The molecule has 0 saturated heterocycles. The molecule has 1 atom stereocenters. The van der Waals surface area contributed by atoms with Crippen molar-refractivity contribution < 1.29 is 18.3 Å². The fourth-order valence-electron chi connectivity index (χ4n) is 1.98. The first kappa shape index (κ1) is 13.3. The first-order valence-corrected chi connectivity index (χ1v) is 5.77. The van der Waals surface area contributed by atoms with Crippen LogP contribution in [0.1, 0.15) is 25.0 Å². The molecule has 0 spiro atoms. The zero-order chi connectivity index (χ0) is 13.3. The van der Waals surface area contributed by atoms with Crippen LogP contribution in [0.15, 0.2) is 0 Å². The summed E-state index contributed by atoms with van der Waals surface area (Å²) >= 11 is 0. The molecule has 0 amide bonds. The minimum atomic E-state index is -4.45. The molecular weight excluding hydrogens is 249 g/mol. The minimum Gasteiger partial charge on any atom is -0.393 e. The molecule has 5 nitrogen and oxygen atoms in total. The van der Waals surface area contributed by atoms with Crippen LogP contribution in [0.3, 0.4) is 0 Å². The SMILES string of the molecule is CC(O)CCN1CCn2c(nnc2C(F)(F)F)C1. The van der Waals surface area contributed by atoms with Gasteiger partial charge in [0, 0.05) is 19.6 Å². The highest BCUT2D eigenvalue weighted by atomic mass is 19.4. The molecule has 2 heterocycles. The second-order valence-corrected chi connectivity index (χ2v) is 4.50. The summed E-state index contributed by atoms with van der Waals surface area (Å²) in [5.41, 5.74) is 0. The van der Waals surface area contributed by atoms with E-state index < -0.39 is 18.1 Å². The van der Waals surface area contributed by atoms with Crippen LogP contribution in [0.5, 0.6) is 0 Å². The van der Waals surface area contributed by atoms with E-state index in [0.717, 1.165) is 4.57 Å². The first-order chi connectivity index (χ1) is 8.38. The van der Waals surface area contributed by atoms with E-state index in [0.29, 0.717) is 31.9 Å². The first-order valence-electron chi connectivity index (χ1n) is 5.77. The molecule has 1 aromatic rings. The number of aliphatic hydroxyl groups is 1. The van der Waals surface area contributed by atoms with E-state index in [1.54, 1.807) is 6.92 Å². The predicted molar refractivity (Wildman–Crippen MR) is 56.6 cm³/mol. The van der Waals surface area contributed by atoms with Gasteiger partial charge in [0.15, 0.2) is 0 Å². The number of alkyl halides is 3. The molecule has 1 aliphatic rings. The molecule has 2 rings (SSSR count). The Kier molecular flexibility index (Phi) is 3.58. The smallest absolute Gasteiger partial charge is 0.393 e. The lowest BCUT2D eigenvalue weighted by Crippen LogP contribution is -2.36. The lowest BCUT2D eigenvalue weighted by Gasteiger charge is -2.28. The highest BCUT2D eigenvalue weighted by Gasteiger charge is 2.39. The van der Waals surface area contributed by atoms with Gasteiger partial charge in [-0.15, -0.1) is 10.2 Å². The van der Waals surface area contributed by atoms with Crippen LogP contribution >= 0.6 is 0 Å². The Morgan fingerprint density at radius 1 is 1.33 bits per heavy atom. The summed E-state index contributed by atoms with van der Waals surface area (Å²) in [5, 5.41) is 16.0. The maximum atomic E-state index is 12.6. The molecule has 0 aromatic carbocycles. The summed E-state index contributed by atoms with van der Waals surface area (Å²) in [6, 6.07) is 0. The topological polar surface area (TPSA) is 54.2 Å².